The summed E-state index contributed by atoms with van der Waals surface area (Å²) in [4.78, 5) is 16.0. The number of nitrogens with one attached hydrogen (secondary N) is 2. The Morgan fingerprint density at radius 3 is 2.54 bits per heavy atom. The largest absolute Gasteiger partial charge is 0.497 e. The number of ether oxygens (including phenoxy) is 1. The fourth-order valence-corrected chi connectivity index (χ4v) is 2.81. The lowest BCUT2D eigenvalue weighted by atomic mass is 9.83. The predicted molar refractivity (Wildman–Crippen MR) is 98.0 cm³/mol. The number of H-pyrrole nitrogens is 1. The number of anilines is 1. The Morgan fingerprint density at radius 2 is 1.88 bits per heavy atom. The van der Waals surface area contributed by atoms with Gasteiger partial charge in [0.2, 0.25) is 5.91 Å². The van der Waals surface area contributed by atoms with Crippen molar-refractivity contribution in [2.45, 2.75) is 19.3 Å². The standard InChI is InChI=1S/C19H19ClN2O2/c1-19(2,18(23)22-13-6-4-12(20)5-7-13)16-11-21-17-9-8-14(24-3)10-15(16)17/h4-11,21H,1-3H3,(H,22,23). The van der Waals surface area contributed by atoms with Gasteiger partial charge < -0.3 is 15.0 Å². The van der Waals surface area contributed by atoms with Gasteiger partial charge >= 0.3 is 0 Å². The third-order valence-electron chi connectivity index (χ3n) is 4.23. The SMILES string of the molecule is COc1ccc2[nH]cc(C(C)(C)C(=O)Nc3ccc(Cl)cc3)c2c1. The summed E-state index contributed by atoms with van der Waals surface area (Å²) in [5.74, 6) is 0.672. The summed E-state index contributed by atoms with van der Waals surface area (Å²) in [5.41, 5.74) is 1.89. The van der Waals surface area contributed by atoms with Crippen LogP contribution in [0.1, 0.15) is 19.4 Å². The molecular weight excluding hydrogens is 324 g/mol. The van der Waals surface area contributed by atoms with Crippen LogP contribution < -0.4 is 10.1 Å². The number of rotatable bonds is 4. The molecular formula is C19H19ClN2O2. The molecule has 4 nitrogen and oxygen atoms in total. The molecule has 0 aliphatic rings. The number of carbonyl (C=O) groups excluding carboxylic acids is 1. The van der Waals surface area contributed by atoms with Crippen LogP contribution >= 0.6 is 11.6 Å². The fraction of sp³-hybridized carbons (Fsp3) is 0.211. The third kappa shape index (κ3) is 2.97. The van der Waals surface area contributed by atoms with E-state index in [0.29, 0.717) is 5.02 Å². The van der Waals surface area contributed by atoms with E-state index >= 15 is 0 Å². The normalized spacial score (nSPS) is 11.5. The lowest BCUT2D eigenvalue weighted by Gasteiger charge is -2.23. The molecule has 1 aromatic heterocycles. The average Bonchev–Trinajstić information content (AvgIpc) is 3.00. The van der Waals surface area contributed by atoms with Gasteiger partial charge in [0, 0.05) is 27.8 Å². The third-order valence-corrected chi connectivity index (χ3v) is 4.48. The number of hydrogen-bond donors (Lipinski definition) is 2. The second-order valence-electron chi connectivity index (χ2n) is 6.20. The lowest BCUT2D eigenvalue weighted by Crippen LogP contribution is -2.34. The van der Waals surface area contributed by atoms with Gasteiger partial charge in [-0.05, 0) is 61.9 Å². The highest BCUT2D eigenvalue weighted by molar-refractivity contribution is 6.30. The number of halogens is 1. The van der Waals surface area contributed by atoms with Crippen molar-refractivity contribution in [3.8, 4) is 5.75 Å². The van der Waals surface area contributed by atoms with Gasteiger partial charge in [0.15, 0.2) is 0 Å². The topological polar surface area (TPSA) is 54.1 Å². The Hall–Kier alpha value is -2.46. The molecule has 1 heterocycles. The summed E-state index contributed by atoms with van der Waals surface area (Å²) >= 11 is 5.88. The van der Waals surface area contributed by atoms with Crippen LogP contribution in [-0.2, 0) is 10.2 Å². The minimum Gasteiger partial charge on any atom is -0.497 e. The van der Waals surface area contributed by atoms with E-state index in [-0.39, 0.29) is 5.91 Å². The lowest BCUT2D eigenvalue weighted by molar-refractivity contribution is -0.120. The highest BCUT2D eigenvalue weighted by Gasteiger charge is 2.32. The molecule has 0 saturated heterocycles. The van der Waals surface area contributed by atoms with Crippen LogP contribution in [-0.4, -0.2) is 18.0 Å². The molecule has 124 valence electrons. The maximum atomic E-state index is 12.8. The van der Waals surface area contributed by atoms with Crippen LogP contribution in [0.4, 0.5) is 5.69 Å². The Bertz CT molecular complexity index is 882. The molecule has 5 heteroatoms. The highest BCUT2D eigenvalue weighted by Crippen LogP contribution is 2.33. The minimum absolute atomic E-state index is 0.0893. The molecule has 0 spiro atoms. The number of carbonyl (C=O) groups is 1. The summed E-state index contributed by atoms with van der Waals surface area (Å²) in [5, 5.41) is 4.56. The smallest absolute Gasteiger partial charge is 0.234 e. The number of aromatic nitrogens is 1. The molecule has 3 rings (SSSR count). The van der Waals surface area contributed by atoms with Crippen molar-refractivity contribution >= 4 is 34.1 Å². The van der Waals surface area contributed by atoms with Gasteiger partial charge in [-0.3, -0.25) is 4.79 Å². The number of fused-ring (bicyclic) bond motifs is 1. The van der Waals surface area contributed by atoms with Crippen LogP contribution in [0.25, 0.3) is 10.9 Å². The zero-order valence-electron chi connectivity index (χ0n) is 13.8. The Balaban J connectivity index is 1.94. The number of amides is 1. The van der Waals surface area contributed by atoms with E-state index in [0.717, 1.165) is 27.9 Å². The van der Waals surface area contributed by atoms with E-state index in [1.165, 1.54) is 0 Å². The van der Waals surface area contributed by atoms with Gasteiger partial charge in [-0.1, -0.05) is 11.6 Å². The molecule has 2 aromatic carbocycles. The first kappa shape index (κ1) is 16.4. The second kappa shape index (κ2) is 6.21. The van der Waals surface area contributed by atoms with Crippen molar-refractivity contribution in [3.05, 3.63) is 59.2 Å². The molecule has 0 bridgehead atoms. The van der Waals surface area contributed by atoms with E-state index in [4.69, 9.17) is 16.3 Å². The minimum atomic E-state index is -0.718. The molecule has 1 amide bonds. The Morgan fingerprint density at radius 1 is 1.17 bits per heavy atom. The van der Waals surface area contributed by atoms with Gasteiger partial charge in [0.05, 0.1) is 12.5 Å². The number of aromatic amines is 1. The van der Waals surface area contributed by atoms with Crippen molar-refractivity contribution in [1.29, 1.82) is 0 Å². The van der Waals surface area contributed by atoms with Gasteiger partial charge in [-0.25, -0.2) is 0 Å². The molecule has 0 fully saturated rings. The van der Waals surface area contributed by atoms with E-state index in [2.05, 4.69) is 10.3 Å². The van der Waals surface area contributed by atoms with E-state index < -0.39 is 5.41 Å². The quantitative estimate of drug-likeness (QED) is 0.719. The molecule has 0 aliphatic heterocycles. The Labute approximate surface area is 145 Å². The number of hydrogen-bond acceptors (Lipinski definition) is 2. The molecule has 0 aliphatic carbocycles. The summed E-state index contributed by atoms with van der Waals surface area (Å²) in [7, 11) is 1.63. The monoisotopic (exact) mass is 342 g/mol. The maximum absolute atomic E-state index is 12.8. The summed E-state index contributed by atoms with van der Waals surface area (Å²) in [6, 6.07) is 12.9. The number of methoxy groups -OCH3 is 1. The summed E-state index contributed by atoms with van der Waals surface area (Å²) < 4.78 is 5.30. The fourth-order valence-electron chi connectivity index (χ4n) is 2.69. The molecule has 0 atom stereocenters. The van der Waals surface area contributed by atoms with Crippen molar-refractivity contribution in [1.82, 2.24) is 4.98 Å². The van der Waals surface area contributed by atoms with Gasteiger partial charge in [0.25, 0.3) is 0 Å². The highest BCUT2D eigenvalue weighted by atomic mass is 35.5. The van der Waals surface area contributed by atoms with Crippen LogP contribution in [0.3, 0.4) is 0 Å². The van der Waals surface area contributed by atoms with Crippen LogP contribution in [0.2, 0.25) is 5.02 Å². The van der Waals surface area contributed by atoms with Gasteiger partial charge in [-0.2, -0.15) is 0 Å². The second-order valence-corrected chi connectivity index (χ2v) is 6.64. The van der Waals surface area contributed by atoms with Crippen molar-refractivity contribution in [2.24, 2.45) is 0 Å². The summed E-state index contributed by atoms with van der Waals surface area (Å²) in [6.45, 7) is 3.81. The first-order valence-corrected chi connectivity index (χ1v) is 8.02. The van der Waals surface area contributed by atoms with Gasteiger partial charge in [-0.15, -0.1) is 0 Å². The first-order valence-electron chi connectivity index (χ1n) is 7.64. The van der Waals surface area contributed by atoms with Gasteiger partial charge in [0.1, 0.15) is 5.75 Å². The molecule has 0 saturated carbocycles. The van der Waals surface area contributed by atoms with Crippen molar-refractivity contribution in [3.63, 3.8) is 0 Å². The van der Waals surface area contributed by atoms with E-state index in [1.54, 1.807) is 31.4 Å². The van der Waals surface area contributed by atoms with E-state index in [1.807, 2.05) is 38.2 Å². The maximum Gasteiger partial charge on any atom is 0.234 e. The van der Waals surface area contributed by atoms with Crippen LogP contribution in [0.5, 0.6) is 5.75 Å². The molecule has 0 radical (unpaired) electrons. The average molecular weight is 343 g/mol. The van der Waals surface area contributed by atoms with E-state index in [9.17, 15) is 4.79 Å². The zero-order valence-corrected chi connectivity index (χ0v) is 14.6. The van der Waals surface area contributed by atoms with Crippen molar-refractivity contribution in [2.75, 3.05) is 12.4 Å². The molecule has 24 heavy (non-hydrogen) atoms. The van der Waals surface area contributed by atoms with Crippen LogP contribution in [0, 0.1) is 0 Å². The van der Waals surface area contributed by atoms with Crippen molar-refractivity contribution < 1.29 is 9.53 Å². The number of benzene rings is 2. The molecule has 3 aromatic rings. The molecule has 0 unspecified atom stereocenters. The summed E-state index contributed by atoms with van der Waals surface area (Å²) in [6.07, 6.45) is 1.88. The zero-order chi connectivity index (χ0) is 17.3. The van der Waals surface area contributed by atoms with Crippen LogP contribution in [0.15, 0.2) is 48.7 Å². The first-order chi connectivity index (χ1) is 11.4. The predicted octanol–water partition coefficient (Wildman–Crippen LogP) is 4.75. The molecule has 2 N–H and O–H groups in total. The Kier molecular flexibility index (Phi) is 4.24.